The minimum atomic E-state index is -0.450. The van der Waals surface area contributed by atoms with Gasteiger partial charge in [-0.3, -0.25) is 14.5 Å². The SMILES string of the molecule is CN(C)C(=O)[C@@H]1CN(CC(=O)NC2CCCCCC2)CCO1. The summed E-state index contributed by atoms with van der Waals surface area (Å²) in [6.45, 7) is 2.06. The topological polar surface area (TPSA) is 61.9 Å². The molecule has 1 atom stereocenters. The van der Waals surface area contributed by atoms with Crippen molar-refractivity contribution in [1.82, 2.24) is 15.1 Å². The van der Waals surface area contributed by atoms with Gasteiger partial charge in [0.1, 0.15) is 6.10 Å². The average Bonchev–Trinajstić information content (AvgIpc) is 2.75. The molecule has 0 unspecified atom stereocenters. The summed E-state index contributed by atoms with van der Waals surface area (Å²) < 4.78 is 5.51. The fourth-order valence-corrected chi connectivity index (χ4v) is 3.18. The van der Waals surface area contributed by atoms with Crippen molar-refractivity contribution in [3.8, 4) is 0 Å². The number of nitrogens with zero attached hydrogens (tertiary/aromatic N) is 2. The van der Waals surface area contributed by atoms with E-state index in [2.05, 4.69) is 5.32 Å². The van der Waals surface area contributed by atoms with Crippen molar-refractivity contribution in [2.24, 2.45) is 0 Å². The van der Waals surface area contributed by atoms with Gasteiger partial charge in [-0.2, -0.15) is 0 Å². The Morgan fingerprint density at radius 2 is 1.86 bits per heavy atom. The predicted octanol–water partition coefficient (Wildman–Crippen LogP) is 0.614. The number of hydrogen-bond acceptors (Lipinski definition) is 4. The Morgan fingerprint density at radius 1 is 1.18 bits per heavy atom. The van der Waals surface area contributed by atoms with Crippen LogP contribution in [0.15, 0.2) is 0 Å². The second-order valence-electron chi connectivity index (χ2n) is 6.58. The Balaban J connectivity index is 1.76. The van der Waals surface area contributed by atoms with E-state index in [1.807, 2.05) is 4.90 Å². The van der Waals surface area contributed by atoms with Crippen LogP contribution in [0.5, 0.6) is 0 Å². The normalized spacial score (nSPS) is 24.5. The van der Waals surface area contributed by atoms with Gasteiger partial charge in [-0.1, -0.05) is 25.7 Å². The van der Waals surface area contributed by atoms with E-state index in [0.717, 1.165) is 12.8 Å². The van der Waals surface area contributed by atoms with Crippen LogP contribution < -0.4 is 5.32 Å². The molecule has 6 nitrogen and oxygen atoms in total. The Hall–Kier alpha value is -1.14. The lowest BCUT2D eigenvalue weighted by Crippen LogP contribution is -2.52. The summed E-state index contributed by atoms with van der Waals surface area (Å²) >= 11 is 0. The molecule has 1 heterocycles. The molecule has 0 radical (unpaired) electrons. The van der Waals surface area contributed by atoms with Crippen LogP contribution in [0.4, 0.5) is 0 Å². The number of nitrogens with one attached hydrogen (secondary N) is 1. The highest BCUT2D eigenvalue weighted by molar-refractivity contribution is 5.81. The van der Waals surface area contributed by atoms with Crippen molar-refractivity contribution in [2.45, 2.75) is 50.7 Å². The minimum absolute atomic E-state index is 0.0334. The summed E-state index contributed by atoms with van der Waals surface area (Å²) in [5.74, 6) is 0.0405. The maximum Gasteiger partial charge on any atom is 0.252 e. The molecule has 22 heavy (non-hydrogen) atoms. The Labute approximate surface area is 133 Å². The molecule has 2 aliphatic rings. The summed E-state index contributed by atoms with van der Waals surface area (Å²) in [7, 11) is 3.45. The van der Waals surface area contributed by atoms with E-state index in [1.165, 1.54) is 25.7 Å². The van der Waals surface area contributed by atoms with Crippen molar-refractivity contribution in [3.63, 3.8) is 0 Å². The average molecular weight is 311 g/mol. The first-order valence-electron chi connectivity index (χ1n) is 8.40. The van der Waals surface area contributed by atoms with Crippen molar-refractivity contribution in [1.29, 1.82) is 0 Å². The van der Waals surface area contributed by atoms with Gasteiger partial charge in [0.2, 0.25) is 5.91 Å². The van der Waals surface area contributed by atoms with Crippen LogP contribution in [0, 0.1) is 0 Å². The standard InChI is InChI=1S/C16H29N3O3/c1-18(2)16(21)14-11-19(9-10-22-14)12-15(20)17-13-7-5-3-4-6-8-13/h13-14H,3-12H2,1-2H3,(H,17,20)/t14-/m0/s1. The second-order valence-corrected chi connectivity index (χ2v) is 6.58. The molecule has 6 heteroatoms. The van der Waals surface area contributed by atoms with Gasteiger partial charge in [-0.25, -0.2) is 0 Å². The number of carbonyl (C=O) groups is 2. The van der Waals surface area contributed by atoms with Crippen LogP contribution >= 0.6 is 0 Å². The van der Waals surface area contributed by atoms with Gasteiger partial charge in [-0.15, -0.1) is 0 Å². The largest absolute Gasteiger partial charge is 0.366 e. The number of likely N-dealkylation sites (N-methyl/N-ethyl adjacent to an activating group) is 1. The summed E-state index contributed by atoms with van der Waals surface area (Å²) in [6, 6.07) is 0.329. The summed E-state index contributed by atoms with van der Waals surface area (Å²) in [4.78, 5) is 27.7. The molecule has 1 saturated carbocycles. The number of morpholine rings is 1. The lowest BCUT2D eigenvalue weighted by Gasteiger charge is -2.33. The molecule has 1 saturated heterocycles. The quantitative estimate of drug-likeness (QED) is 0.773. The van der Waals surface area contributed by atoms with E-state index >= 15 is 0 Å². The van der Waals surface area contributed by atoms with E-state index < -0.39 is 6.10 Å². The molecule has 1 aliphatic heterocycles. The first-order chi connectivity index (χ1) is 10.6. The smallest absolute Gasteiger partial charge is 0.252 e. The molecule has 0 bridgehead atoms. The number of hydrogen-bond donors (Lipinski definition) is 1. The lowest BCUT2D eigenvalue weighted by molar-refractivity contribution is -0.148. The molecule has 2 fully saturated rings. The maximum atomic E-state index is 12.2. The third-order valence-electron chi connectivity index (χ3n) is 4.45. The highest BCUT2D eigenvalue weighted by Crippen LogP contribution is 2.17. The first kappa shape index (κ1) is 17.2. The molecule has 0 aromatic heterocycles. The maximum absolute atomic E-state index is 12.2. The van der Waals surface area contributed by atoms with Gasteiger partial charge in [0.25, 0.3) is 5.91 Å². The van der Waals surface area contributed by atoms with Gasteiger partial charge in [0.15, 0.2) is 0 Å². The van der Waals surface area contributed by atoms with Crippen LogP contribution in [-0.4, -0.2) is 74.1 Å². The number of amides is 2. The Morgan fingerprint density at radius 3 is 2.50 bits per heavy atom. The third-order valence-corrected chi connectivity index (χ3v) is 4.45. The van der Waals surface area contributed by atoms with Gasteiger partial charge >= 0.3 is 0 Å². The summed E-state index contributed by atoms with van der Waals surface area (Å²) in [5.41, 5.74) is 0. The van der Waals surface area contributed by atoms with Crippen molar-refractivity contribution >= 4 is 11.8 Å². The van der Waals surface area contributed by atoms with Crippen molar-refractivity contribution in [2.75, 3.05) is 40.3 Å². The molecule has 0 aromatic carbocycles. The zero-order chi connectivity index (χ0) is 15.9. The second kappa shape index (κ2) is 8.48. The summed E-state index contributed by atoms with van der Waals surface area (Å²) in [5, 5.41) is 3.16. The van der Waals surface area contributed by atoms with Gasteiger partial charge < -0.3 is 15.0 Å². The molecule has 1 N–H and O–H groups in total. The molecule has 126 valence electrons. The molecule has 0 aromatic rings. The van der Waals surface area contributed by atoms with E-state index in [-0.39, 0.29) is 11.8 Å². The highest BCUT2D eigenvalue weighted by Gasteiger charge is 2.29. The first-order valence-corrected chi connectivity index (χ1v) is 8.40. The molecule has 1 aliphatic carbocycles. The van der Waals surface area contributed by atoms with Crippen LogP contribution in [0.25, 0.3) is 0 Å². The molecule has 0 spiro atoms. The van der Waals surface area contributed by atoms with Gasteiger partial charge in [-0.05, 0) is 12.8 Å². The molecule has 2 rings (SSSR count). The van der Waals surface area contributed by atoms with Crippen molar-refractivity contribution < 1.29 is 14.3 Å². The minimum Gasteiger partial charge on any atom is -0.366 e. The van der Waals surface area contributed by atoms with E-state index in [1.54, 1.807) is 19.0 Å². The predicted molar refractivity (Wildman–Crippen MR) is 84.5 cm³/mol. The number of carbonyl (C=O) groups excluding carboxylic acids is 2. The summed E-state index contributed by atoms with van der Waals surface area (Å²) in [6.07, 6.45) is 6.72. The lowest BCUT2D eigenvalue weighted by atomic mass is 10.1. The van der Waals surface area contributed by atoms with E-state index in [4.69, 9.17) is 4.74 Å². The van der Waals surface area contributed by atoms with Crippen molar-refractivity contribution in [3.05, 3.63) is 0 Å². The van der Waals surface area contributed by atoms with E-state index in [9.17, 15) is 9.59 Å². The van der Waals surface area contributed by atoms with Crippen LogP contribution in [0.1, 0.15) is 38.5 Å². The van der Waals surface area contributed by atoms with Crippen LogP contribution in [0.3, 0.4) is 0 Å². The Kier molecular flexibility index (Phi) is 6.64. The zero-order valence-electron chi connectivity index (χ0n) is 13.8. The monoisotopic (exact) mass is 311 g/mol. The van der Waals surface area contributed by atoms with Gasteiger partial charge in [0, 0.05) is 33.2 Å². The highest BCUT2D eigenvalue weighted by atomic mass is 16.5. The number of rotatable bonds is 4. The zero-order valence-corrected chi connectivity index (χ0v) is 13.8. The molecular weight excluding hydrogens is 282 g/mol. The van der Waals surface area contributed by atoms with Gasteiger partial charge in [0.05, 0.1) is 13.2 Å². The van der Waals surface area contributed by atoms with Crippen LogP contribution in [-0.2, 0) is 14.3 Å². The fourth-order valence-electron chi connectivity index (χ4n) is 3.18. The van der Waals surface area contributed by atoms with Crippen LogP contribution in [0.2, 0.25) is 0 Å². The Bertz CT molecular complexity index is 379. The molecule has 2 amide bonds. The molecular formula is C16H29N3O3. The van der Waals surface area contributed by atoms with E-state index in [0.29, 0.717) is 32.3 Å². The fraction of sp³-hybridized carbons (Fsp3) is 0.875. The number of ether oxygens (including phenoxy) is 1. The third kappa shape index (κ3) is 5.25.